The number of rotatable bonds is 4. The molecule has 2 heterocycles. The Bertz CT molecular complexity index is 1140. The second-order valence-electron chi connectivity index (χ2n) is 6.72. The third-order valence-corrected chi connectivity index (χ3v) is 4.95. The van der Waals surface area contributed by atoms with Crippen molar-refractivity contribution >= 4 is 11.6 Å². The summed E-state index contributed by atoms with van der Waals surface area (Å²) in [6.07, 6.45) is 1.74. The Morgan fingerprint density at radius 2 is 1.86 bits per heavy atom. The summed E-state index contributed by atoms with van der Waals surface area (Å²) in [7, 11) is 1.71. The molecule has 0 N–H and O–H groups in total. The second-order valence-corrected chi connectivity index (χ2v) is 6.72. The van der Waals surface area contributed by atoms with Crippen molar-refractivity contribution < 1.29 is 18.7 Å². The molecule has 148 valence electrons. The lowest BCUT2D eigenvalue weighted by Crippen LogP contribution is -2.35. The van der Waals surface area contributed by atoms with Gasteiger partial charge in [-0.1, -0.05) is 12.1 Å². The van der Waals surface area contributed by atoms with Gasteiger partial charge >= 0.3 is 0 Å². The number of alkyl halides is 1. The van der Waals surface area contributed by atoms with Crippen LogP contribution in [0.5, 0.6) is 11.5 Å². The number of carbonyl (C=O) groups is 1. The summed E-state index contributed by atoms with van der Waals surface area (Å²) in [6, 6.07) is 13.7. The molecule has 0 radical (unpaired) electrons. The first-order chi connectivity index (χ1) is 14.0. The number of ether oxygens (including phenoxy) is 2. The van der Waals surface area contributed by atoms with E-state index in [9.17, 15) is 14.0 Å². The summed E-state index contributed by atoms with van der Waals surface area (Å²) < 4.78 is 24.2. The highest BCUT2D eigenvalue weighted by atomic mass is 19.1. The molecule has 3 aromatic rings. The van der Waals surface area contributed by atoms with Crippen LogP contribution in [0.4, 0.5) is 10.1 Å². The van der Waals surface area contributed by atoms with Gasteiger partial charge in [-0.05, 0) is 42.8 Å². The summed E-state index contributed by atoms with van der Waals surface area (Å²) >= 11 is 0. The van der Waals surface area contributed by atoms with Gasteiger partial charge in [0.1, 0.15) is 11.5 Å². The fourth-order valence-corrected chi connectivity index (χ4v) is 3.44. The van der Waals surface area contributed by atoms with Crippen LogP contribution in [-0.4, -0.2) is 31.0 Å². The molecule has 0 saturated carbocycles. The third-order valence-electron chi connectivity index (χ3n) is 4.95. The fourth-order valence-electron chi connectivity index (χ4n) is 3.44. The summed E-state index contributed by atoms with van der Waals surface area (Å²) in [5, 5.41) is 0. The number of anilines is 1. The normalized spacial score (nSPS) is 13.1. The van der Waals surface area contributed by atoms with Crippen LogP contribution < -0.4 is 19.9 Å². The first-order valence-electron chi connectivity index (χ1n) is 9.05. The number of nitrogens with zero attached hydrogens (tertiary/aromatic N) is 2. The number of amides is 1. The van der Waals surface area contributed by atoms with Crippen molar-refractivity contribution in [1.29, 1.82) is 0 Å². The van der Waals surface area contributed by atoms with Crippen LogP contribution >= 0.6 is 0 Å². The molecule has 7 heteroatoms. The number of likely N-dealkylation sites (N-methyl/N-ethyl adjacent to an activating group) is 1. The van der Waals surface area contributed by atoms with E-state index in [1.165, 1.54) is 4.57 Å². The number of para-hydroxylation sites is 1. The Hall–Kier alpha value is -3.61. The Kier molecular flexibility index (Phi) is 4.80. The van der Waals surface area contributed by atoms with Crippen molar-refractivity contribution in [2.45, 2.75) is 6.92 Å². The molecule has 0 atom stereocenters. The number of pyridine rings is 1. The minimum absolute atomic E-state index is 0.00126. The van der Waals surface area contributed by atoms with Crippen molar-refractivity contribution in [3.63, 3.8) is 0 Å². The maximum atomic E-state index is 12.6. The quantitative estimate of drug-likeness (QED) is 0.680. The molecular weight excluding hydrogens is 375 g/mol. The predicted molar refractivity (Wildman–Crippen MR) is 108 cm³/mol. The van der Waals surface area contributed by atoms with Crippen LogP contribution in [0.3, 0.4) is 0 Å². The first-order valence-corrected chi connectivity index (χ1v) is 9.05. The molecule has 0 saturated heterocycles. The zero-order chi connectivity index (χ0) is 20.5. The van der Waals surface area contributed by atoms with Crippen molar-refractivity contribution in [3.8, 4) is 28.3 Å². The van der Waals surface area contributed by atoms with Crippen LogP contribution in [0.15, 0.2) is 59.5 Å². The van der Waals surface area contributed by atoms with Gasteiger partial charge in [-0.15, -0.1) is 0 Å². The first kappa shape index (κ1) is 18.7. The van der Waals surface area contributed by atoms with Gasteiger partial charge in [0.2, 0.25) is 6.86 Å². The average Bonchev–Trinajstić information content (AvgIpc) is 2.72. The molecule has 29 heavy (non-hydrogen) atoms. The highest BCUT2D eigenvalue weighted by Gasteiger charge is 2.26. The van der Waals surface area contributed by atoms with Gasteiger partial charge in [0.25, 0.3) is 11.5 Å². The molecule has 6 nitrogen and oxygen atoms in total. The van der Waals surface area contributed by atoms with Crippen molar-refractivity contribution in [3.05, 3.63) is 70.6 Å². The Balaban J connectivity index is 1.86. The standard InChI is InChI=1S/C22H19FN2O4/c1-14-10-20(26)25(15-6-8-16(9-7-15)29-13-23)11-18(14)17-4-3-5-19-22(17)24(2)21(27)12-28-19/h3-11H,12-13H2,1-2H3. The summed E-state index contributed by atoms with van der Waals surface area (Å²) in [5.41, 5.74) is 3.47. The Morgan fingerprint density at radius 3 is 2.59 bits per heavy atom. The van der Waals surface area contributed by atoms with Crippen LogP contribution in [0.25, 0.3) is 16.8 Å². The van der Waals surface area contributed by atoms with Gasteiger partial charge < -0.3 is 14.4 Å². The predicted octanol–water partition coefficient (Wildman–Crippen LogP) is 3.47. The monoisotopic (exact) mass is 394 g/mol. The molecule has 0 bridgehead atoms. The number of aryl methyl sites for hydroxylation is 1. The number of hydrogen-bond acceptors (Lipinski definition) is 4. The molecule has 0 unspecified atom stereocenters. The molecule has 0 spiro atoms. The van der Waals surface area contributed by atoms with Crippen LogP contribution in [0.2, 0.25) is 0 Å². The van der Waals surface area contributed by atoms with Crippen LogP contribution in [-0.2, 0) is 4.79 Å². The molecule has 1 amide bonds. The van der Waals surface area contributed by atoms with Gasteiger partial charge in [-0.3, -0.25) is 14.2 Å². The van der Waals surface area contributed by atoms with E-state index < -0.39 is 6.86 Å². The van der Waals surface area contributed by atoms with Crippen molar-refractivity contribution in [2.24, 2.45) is 0 Å². The number of benzene rings is 2. The number of hydrogen-bond donors (Lipinski definition) is 0. The van der Waals surface area contributed by atoms with E-state index in [0.29, 0.717) is 22.9 Å². The number of aromatic nitrogens is 1. The molecule has 1 aliphatic rings. The van der Waals surface area contributed by atoms with Crippen molar-refractivity contribution in [2.75, 3.05) is 25.4 Å². The fraction of sp³-hybridized carbons (Fsp3) is 0.182. The molecule has 0 aliphatic carbocycles. The summed E-state index contributed by atoms with van der Waals surface area (Å²) in [5.74, 6) is 0.861. The van der Waals surface area contributed by atoms with Crippen LogP contribution in [0, 0.1) is 6.92 Å². The average molecular weight is 394 g/mol. The van der Waals surface area contributed by atoms with E-state index in [4.69, 9.17) is 9.47 Å². The van der Waals surface area contributed by atoms with Gasteiger partial charge in [-0.2, -0.15) is 0 Å². The van der Waals surface area contributed by atoms with Crippen molar-refractivity contribution in [1.82, 2.24) is 4.57 Å². The lowest BCUT2D eigenvalue weighted by Gasteiger charge is -2.28. The molecule has 1 aromatic heterocycles. The smallest absolute Gasteiger partial charge is 0.264 e. The highest BCUT2D eigenvalue weighted by Crippen LogP contribution is 2.41. The lowest BCUT2D eigenvalue weighted by molar-refractivity contribution is -0.120. The molecule has 2 aromatic carbocycles. The van der Waals surface area contributed by atoms with E-state index >= 15 is 0 Å². The summed E-state index contributed by atoms with van der Waals surface area (Å²) in [6.45, 7) is 0.935. The maximum absolute atomic E-state index is 12.6. The Morgan fingerprint density at radius 1 is 1.10 bits per heavy atom. The number of fused-ring (bicyclic) bond motifs is 1. The van der Waals surface area contributed by atoms with E-state index in [0.717, 1.165) is 16.7 Å². The zero-order valence-electron chi connectivity index (χ0n) is 16.0. The molecular formula is C22H19FN2O4. The summed E-state index contributed by atoms with van der Waals surface area (Å²) in [4.78, 5) is 26.4. The van der Waals surface area contributed by atoms with E-state index in [-0.39, 0.29) is 18.1 Å². The largest absolute Gasteiger partial charge is 0.482 e. The van der Waals surface area contributed by atoms with Gasteiger partial charge in [-0.25, -0.2) is 4.39 Å². The highest BCUT2D eigenvalue weighted by molar-refractivity contribution is 6.02. The maximum Gasteiger partial charge on any atom is 0.264 e. The Labute approximate surface area is 166 Å². The topological polar surface area (TPSA) is 60.8 Å². The van der Waals surface area contributed by atoms with E-state index in [1.807, 2.05) is 25.1 Å². The molecule has 1 aliphatic heterocycles. The van der Waals surface area contributed by atoms with Gasteiger partial charge in [0.15, 0.2) is 6.61 Å². The van der Waals surface area contributed by atoms with Gasteiger partial charge in [0, 0.05) is 36.1 Å². The molecule has 4 rings (SSSR count). The number of carbonyl (C=O) groups excluding carboxylic acids is 1. The molecule has 0 fully saturated rings. The number of halogens is 1. The second kappa shape index (κ2) is 7.43. The minimum atomic E-state index is -0.915. The third kappa shape index (κ3) is 3.35. The SMILES string of the molecule is Cc1cc(=O)n(-c2ccc(OCF)cc2)cc1-c1cccc2c1N(C)C(=O)CO2. The van der Waals surface area contributed by atoms with E-state index in [2.05, 4.69) is 0 Å². The van der Waals surface area contributed by atoms with Gasteiger partial charge in [0.05, 0.1) is 5.69 Å². The lowest BCUT2D eigenvalue weighted by atomic mass is 9.99. The van der Waals surface area contributed by atoms with Crippen LogP contribution in [0.1, 0.15) is 5.56 Å². The zero-order valence-corrected chi connectivity index (χ0v) is 16.0. The van der Waals surface area contributed by atoms with E-state index in [1.54, 1.807) is 48.5 Å². The minimum Gasteiger partial charge on any atom is -0.482 e.